The number of hydrogen-bond donors (Lipinski definition) is 3. The first-order valence-corrected chi connectivity index (χ1v) is 26.6. The molecule has 0 aliphatic carbocycles. The summed E-state index contributed by atoms with van der Waals surface area (Å²) in [5.41, 5.74) is 0. The molecule has 0 rings (SSSR count). The van der Waals surface area contributed by atoms with Gasteiger partial charge in [-0.15, -0.1) is 0 Å². The Morgan fingerprint density at radius 2 is 0.867 bits per heavy atom. The molecule has 6 heteroatoms. The lowest BCUT2D eigenvalue weighted by Gasteiger charge is -2.22. The van der Waals surface area contributed by atoms with Gasteiger partial charge in [0.25, 0.3) is 0 Å². The topological polar surface area (TPSA) is 95.9 Å². The Morgan fingerprint density at radius 1 is 0.467 bits per heavy atom. The molecule has 1 amide bonds. The van der Waals surface area contributed by atoms with Crippen LogP contribution in [0, 0.1) is 0 Å². The van der Waals surface area contributed by atoms with E-state index in [0.29, 0.717) is 25.9 Å². The average Bonchev–Trinajstić information content (AvgIpc) is 3.25. The Labute approximate surface area is 373 Å². The highest BCUT2D eigenvalue weighted by Gasteiger charge is 2.20. The Kier molecular flexibility index (Phi) is 48.6. The van der Waals surface area contributed by atoms with Crippen molar-refractivity contribution in [3.63, 3.8) is 0 Å². The van der Waals surface area contributed by atoms with Crippen LogP contribution in [-0.4, -0.2) is 47.4 Å². The summed E-state index contributed by atoms with van der Waals surface area (Å²) in [5, 5.41) is 23.2. The lowest BCUT2D eigenvalue weighted by Crippen LogP contribution is -2.45. The number of unbranched alkanes of at least 4 members (excludes halogenated alkanes) is 34. The third kappa shape index (κ3) is 45.9. The Balaban J connectivity index is 3.44. The van der Waals surface area contributed by atoms with Crippen molar-refractivity contribution >= 4 is 11.9 Å². The number of carbonyl (C=O) groups is 2. The highest BCUT2D eigenvalue weighted by molar-refractivity contribution is 5.76. The number of nitrogens with one attached hydrogen (secondary N) is 1. The molecule has 0 saturated heterocycles. The summed E-state index contributed by atoms with van der Waals surface area (Å²) in [4.78, 5) is 24.5. The number of aliphatic hydroxyl groups is 2. The van der Waals surface area contributed by atoms with Crippen LogP contribution in [0.2, 0.25) is 0 Å². The zero-order valence-corrected chi connectivity index (χ0v) is 40.2. The molecule has 0 radical (unpaired) electrons. The second kappa shape index (κ2) is 50.0. The van der Waals surface area contributed by atoms with Crippen molar-refractivity contribution in [1.82, 2.24) is 5.32 Å². The van der Waals surface area contributed by atoms with Gasteiger partial charge in [-0.2, -0.15) is 0 Å². The molecule has 60 heavy (non-hydrogen) atoms. The molecule has 2 unspecified atom stereocenters. The fourth-order valence-electron chi connectivity index (χ4n) is 8.15. The summed E-state index contributed by atoms with van der Waals surface area (Å²) in [5.74, 6) is -0.0579. The lowest BCUT2D eigenvalue weighted by molar-refractivity contribution is -0.143. The number of carbonyl (C=O) groups excluding carboxylic acids is 2. The number of aliphatic hydroxyl groups excluding tert-OH is 2. The van der Waals surface area contributed by atoms with Crippen LogP contribution in [0.15, 0.2) is 24.3 Å². The minimum atomic E-state index is -0.670. The highest BCUT2D eigenvalue weighted by Crippen LogP contribution is 2.17. The second-order valence-corrected chi connectivity index (χ2v) is 18.2. The molecule has 0 spiro atoms. The van der Waals surface area contributed by atoms with E-state index in [-0.39, 0.29) is 18.5 Å². The zero-order chi connectivity index (χ0) is 43.7. The zero-order valence-electron chi connectivity index (χ0n) is 40.2. The van der Waals surface area contributed by atoms with Crippen LogP contribution in [0.4, 0.5) is 0 Å². The molecular weight excluding hydrogens is 743 g/mol. The third-order valence-corrected chi connectivity index (χ3v) is 12.2. The van der Waals surface area contributed by atoms with Crippen molar-refractivity contribution in [3.05, 3.63) is 24.3 Å². The van der Waals surface area contributed by atoms with Crippen LogP contribution in [0.5, 0.6) is 0 Å². The molecule has 0 fully saturated rings. The average molecular weight is 846 g/mol. The van der Waals surface area contributed by atoms with Crippen molar-refractivity contribution in [2.45, 2.75) is 296 Å². The van der Waals surface area contributed by atoms with Crippen LogP contribution in [0.25, 0.3) is 0 Å². The number of amides is 1. The van der Waals surface area contributed by atoms with E-state index >= 15 is 0 Å². The van der Waals surface area contributed by atoms with Gasteiger partial charge in [-0.05, 0) is 51.4 Å². The largest absolute Gasteiger partial charge is 0.466 e. The van der Waals surface area contributed by atoms with Gasteiger partial charge in [0.2, 0.25) is 5.91 Å². The SMILES string of the molecule is CCC/C=C\C/C=C\CCCCCCCC(=O)OCCCCCCCCCCCCCCCCCC(=O)NC(CO)C(O)CCCCCCCCCCCCCCCCC. The van der Waals surface area contributed by atoms with Gasteiger partial charge in [-0.1, -0.05) is 244 Å². The van der Waals surface area contributed by atoms with Gasteiger partial charge in [-0.3, -0.25) is 9.59 Å². The summed E-state index contributed by atoms with van der Waals surface area (Å²) in [6, 6.07) is -0.548. The monoisotopic (exact) mass is 846 g/mol. The highest BCUT2D eigenvalue weighted by atomic mass is 16.5. The molecule has 6 nitrogen and oxygen atoms in total. The van der Waals surface area contributed by atoms with Crippen LogP contribution < -0.4 is 5.32 Å². The fourth-order valence-corrected chi connectivity index (χ4v) is 8.15. The number of ether oxygens (including phenoxy) is 1. The summed E-state index contributed by atoms with van der Waals surface area (Å²) < 4.78 is 5.45. The van der Waals surface area contributed by atoms with E-state index in [0.717, 1.165) is 57.8 Å². The van der Waals surface area contributed by atoms with E-state index in [1.165, 1.54) is 193 Å². The van der Waals surface area contributed by atoms with Crippen molar-refractivity contribution in [1.29, 1.82) is 0 Å². The third-order valence-electron chi connectivity index (χ3n) is 12.2. The van der Waals surface area contributed by atoms with Crippen molar-refractivity contribution in [3.8, 4) is 0 Å². The number of esters is 1. The maximum atomic E-state index is 12.5. The summed E-state index contributed by atoms with van der Waals surface area (Å²) in [6.07, 6.45) is 58.6. The van der Waals surface area contributed by atoms with Crippen molar-refractivity contribution in [2.24, 2.45) is 0 Å². The van der Waals surface area contributed by atoms with E-state index in [1.807, 2.05) is 0 Å². The summed E-state index contributed by atoms with van der Waals surface area (Å²) in [6.45, 7) is 4.87. The molecule has 0 heterocycles. The first-order valence-electron chi connectivity index (χ1n) is 26.6. The predicted molar refractivity (Wildman–Crippen MR) is 260 cm³/mol. The molecule has 2 atom stereocenters. The molecular formula is C54H103NO5. The van der Waals surface area contributed by atoms with E-state index in [4.69, 9.17) is 4.74 Å². The molecule has 0 aromatic heterocycles. The van der Waals surface area contributed by atoms with Gasteiger partial charge in [0, 0.05) is 12.8 Å². The molecule has 0 aromatic rings. The maximum absolute atomic E-state index is 12.5. The number of hydrogen-bond acceptors (Lipinski definition) is 5. The number of rotatable bonds is 49. The van der Waals surface area contributed by atoms with Crippen molar-refractivity contribution < 1.29 is 24.5 Å². The van der Waals surface area contributed by atoms with E-state index in [1.54, 1.807) is 0 Å². The molecule has 3 N–H and O–H groups in total. The first kappa shape index (κ1) is 58.3. The Bertz CT molecular complexity index is 935. The van der Waals surface area contributed by atoms with Crippen LogP contribution >= 0.6 is 0 Å². The maximum Gasteiger partial charge on any atom is 0.305 e. The fraction of sp³-hybridized carbons (Fsp3) is 0.889. The molecule has 0 saturated carbocycles. The number of allylic oxidation sites excluding steroid dienone is 4. The van der Waals surface area contributed by atoms with Gasteiger partial charge < -0.3 is 20.3 Å². The normalized spacial score (nSPS) is 12.8. The standard InChI is InChI=1S/C54H103NO5/c1-3-5-7-9-11-13-15-17-19-23-26-30-34-38-42-46-52(57)51(50-56)55-53(58)47-43-39-35-31-27-24-20-18-21-25-29-33-37-41-45-49-60-54(59)48-44-40-36-32-28-22-16-14-12-10-8-6-4-2/h8,10,14,16,51-52,56-57H,3-7,9,11-13,15,17-50H2,1-2H3,(H,55,58)/b10-8-,16-14-. The second-order valence-electron chi connectivity index (χ2n) is 18.2. The predicted octanol–water partition coefficient (Wildman–Crippen LogP) is 15.9. The molecule has 0 aliphatic rings. The minimum Gasteiger partial charge on any atom is -0.466 e. The van der Waals surface area contributed by atoms with Crippen LogP contribution in [0.3, 0.4) is 0 Å². The van der Waals surface area contributed by atoms with Crippen LogP contribution in [-0.2, 0) is 14.3 Å². The lowest BCUT2D eigenvalue weighted by atomic mass is 10.0. The minimum absolute atomic E-state index is 0.0146. The molecule has 354 valence electrons. The van der Waals surface area contributed by atoms with E-state index in [9.17, 15) is 19.8 Å². The molecule has 0 aromatic carbocycles. The van der Waals surface area contributed by atoms with Gasteiger partial charge in [0.15, 0.2) is 0 Å². The van der Waals surface area contributed by atoms with E-state index in [2.05, 4.69) is 43.5 Å². The van der Waals surface area contributed by atoms with Gasteiger partial charge in [0.1, 0.15) is 0 Å². The van der Waals surface area contributed by atoms with Gasteiger partial charge >= 0.3 is 5.97 Å². The summed E-state index contributed by atoms with van der Waals surface area (Å²) >= 11 is 0. The summed E-state index contributed by atoms with van der Waals surface area (Å²) in [7, 11) is 0. The Hall–Kier alpha value is -1.66. The quantitative estimate of drug-likeness (QED) is 0.0322. The van der Waals surface area contributed by atoms with E-state index < -0.39 is 12.1 Å². The van der Waals surface area contributed by atoms with Crippen LogP contribution in [0.1, 0.15) is 284 Å². The van der Waals surface area contributed by atoms with Gasteiger partial charge in [0.05, 0.1) is 25.4 Å². The first-order chi connectivity index (χ1) is 29.5. The molecule has 0 aliphatic heterocycles. The van der Waals surface area contributed by atoms with Crippen molar-refractivity contribution in [2.75, 3.05) is 13.2 Å². The Morgan fingerprint density at radius 3 is 1.33 bits per heavy atom. The van der Waals surface area contributed by atoms with Gasteiger partial charge in [-0.25, -0.2) is 0 Å². The molecule has 0 bridgehead atoms. The smallest absolute Gasteiger partial charge is 0.305 e.